The Bertz CT molecular complexity index is 413. The van der Waals surface area contributed by atoms with E-state index in [4.69, 9.17) is 4.74 Å². The predicted molar refractivity (Wildman–Crippen MR) is 63.4 cm³/mol. The number of aliphatic hydroxyl groups excluding tert-OH is 1. The van der Waals surface area contributed by atoms with Crippen LogP contribution in [0.3, 0.4) is 0 Å². The van der Waals surface area contributed by atoms with Crippen LogP contribution in [0.5, 0.6) is 5.75 Å². The van der Waals surface area contributed by atoms with Crippen molar-refractivity contribution < 1.29 is 14.6 Å². The van der Waals surface area contributed by atoms with E-state index in [1.54, 1.807) is 13.2 Å². The monoisotopic (exact) mass is 218 g/mol. The molecule has 0 saturated carbocycles. The Morgan fingerprint density at radius 3 is 2.44 bits per heavy atom. The van der Waals surface area contributed by atoms with Crippen molar-refractivity contribution in [1.82, 2.24) is 0 Å². The van der Waals surface area contributed by atoms with Crippen LogP contribution in [0.15, 0.2) is 42.2 Å². The van der Waals surface area contributed by atoms with E-state index in [1.165, 1.54) is 19.1 Å². The first kappa shape index (κ1) is 12.0. The third-order valence-electron chi connectivity index (χ3n) is 1.91. The smallest absolute Gasteiger partial charge is 0.156 e. The van der Waals surface area contributed by atoms with E-state index < -0.39 is 0 Å². The lowest BCUT2D eigenvalue weighted by molar-refractivity contribution is -0.112. The van der Waals surface area contributed by atoms with Gasteiger partial charge in [-0.1, -0.05) is 18.2 Å². The van der Waals surface area contributed by atoms with Crippen LogP contribution in [0, 0.1) is 0 Å². The molecule has 0 aliphatic carbocycles. The molecule has 0 spiro atoms. The maximum absolute atomic E-state index is 10.7. The van der Waals surface area contributed by atoms with Gasteiger partial charge in [0, 0.05) is 6.08 Å². The van der Waals surface area contributed by atoms with Crippen LogP contribution in [0.25, 0.3) is 6.08 Å². The van der Waals surface area contributed by atoms with E-state index >= 15 is 0 Å². The average molecular weight is 218 g/mol. The molecule has 1 N–H and O–H groups in total. The second kappa shape index (κ2) is 5.75. The van der Waals surface area contributed by atoms with Crippen LogP contribution in [0.4, 0.5) is 0 Å². The van der Waals surface area contributed by atoms with Crippen molar-refractivity contribution in [2.24, 2.45) is 0 Å². The molecule has 0 aromatic heterocycles. The summed E-state index contributed by atoms with van der Waals surface area (Å²) >= 11 is 0. The van der Waals surface area contributed by atoms with Gasteiger partial charge in [0.05, 0.1) is 7.11 Å². The molecule has 0 aliphatic rings. The second-order valence-electron chi connectivity index (χ2n) is 3.29. The summed E-state index contributed by atoms with van der Waals surface area (Å²) in [5, 5.41) is 9.31. The summed E-state index contributed by atoms with van der Waals surface area (Å²) in [5.74, 6) is 0.542. The molecule has 0 unspecified atom stereocenters. The normalized spacial score (nSPS) is 11.8. The number of hydrogen-bond donors (Lipinski definition) is 1. The molecule has 0 fully saturated rings. The Hall–Kier alpha value is -2.03. The highest BCUT2D eigenvalue weighted by molar-refractivity contribution is 5.88. The number of carbonyl (C=O) groups is 1. The maximum Gasteiger partial charge on any atom is 0.156 e. The molecule has 1 rings (SSSR count). The summed E-state index contributed by atoms with van der Waals surface area (Å²) in [6, 6.07) is 7.36. The summed E-state index contributed by atoms with van der Waals surface area (Å²) in [7, 11) is 1.60. The van der Waals surface area contributed by atoms with E-state index in [1.807, 2.05) is 24.3 Å². The molecule has 0 atom stereocenters. The SMILES string of the molecule is COc1ccc(/C=C/C(O)=C/C(C)=O)cc1. The zero-order valence-corrected chi connectivity index (χ0v) is 9.31. The number of ether oxygens (including phenoxy) is 1. The van der Waals surface area contributed by atoms with Gasteiger partial charge in [0.15, 0.2) is 5.78 Å². The van der Waals surface area contributed by atoms with Crippen molar-refractivity contribution in [3.05, 3.63) is 47.7 Å². The largest absolute Gasteiger partial charge is 0.508 e. The summed E-state index contributed by atoms with van der Waals surface area (Å²) in [4.78, 5) is 10.7. The van der Waals surface area contributed by atoms with Gasteiger partial charge in [0.1, 0.15) is 11.5 Å². The lowest BCUT2D eigenvalue weighted by Gasteiger charge is -1.98. The predicted octanol–water partition coefficient (Wildman–Crippen LogP) is 2.74. The second-order valence-corrected chi connectivity index (χ2v) is 3.29. The fourth-order valence-corrected chi connectivity index (χ4v) is 1.15. The van der Waals surface area contributed by atoms with Gasteiger partial charge in [-0.25, -0.2) is 0 Å². The molecule has 16 heavy (non-hydrogen) atoms. The van der Waals surface area contributed by atoms with Crippen molar-refractivity contribution >= 4 is 11.9 Å². The molecular weight excluding hydrogens is 204 g/mol. The van der Waals surface area contributed by atoms with E-state index in [0.717, 1.165) is 11.3 Å². The van der Waals surface area contributed by atoms with Gasteiger partial charge < -0.3 is 9.84 Å². The maximum atomic E-state index is 10.7. The van der Waals surface area contributed by atoms with Gasteiger partial charge in [-0.05, 0) is 30.7 Å². The quantitative estimate of drug-likeness (QED) is 0.480. The van der Waals surface area contributed by atoms with Crippen molar-refractivity contribution in [1.29, 1.82) is 0 Å². The van der Waals surface area contributed by atoms with Crippen molar-refractivity contribution in [3.8, 4) is 5.75 Å². The van der Waals surface area contributed by atoms with Gasteiger partial charge in [-0.3, -0.25) is 4.79 Å². The van der Waals surface area contributed by atoms with Crippen LogP contribution in [0.1, 0.15) is 12.5 Å². The average Bonchev–Trinajstić information content (AvgIpc) is 2.26. The summed E-state index contributed by atoms with van der Waals surface area (Å²) in [6.07, 6.45) is 4.36. The fraction of sp³-hybridized carbons (Fsp3) is 0.154. The zero-order valence-electron chi connectivity index (χ0n) is 9.31. The van der Waals surface area contributed by atoms with Gasteiger partial charge in [-0.15, -0.1) is 0 Å². The Morgan fingerprint density at radius 2 is 1.94 bits per heavy atom. The minimum Gasteiger partial charge on any atom is -0.508 e. The molecule has 1 aromatic carbocycles. The van der Waals surface area contributed by atoms with Gasteiger partial charge >= 0.3 is 0 Å². The molecule has 0 bridgehead atoms. The minimum absolute atomic E-state index is 0.0525. The van der Waals surface area contributed by atoms with Crippen molar-refractivity contribution in [3.63, 3.8) is 0 Å². The first-order valence-corrected chi connectivity index (χ1v) is 4.85. The van der Waals surface area contributed by atoms with Crippen LogP contribution in [0.2, 0.25) is 0 Å². The Balaban J connectivity index is 2.72. The number of methoxy groups -OCH3 is 1. The molecule has 84 valence electrons. The van der Waals surface area contributed by atoms with Crippen molar-refractivity contribution in [2.75, 3.05) is 7.11 Å². The number of rotatable bonds is 4. The molecule has 1 aromatic rings. The van der Waals surface area contributed by atoms with Gasteiger partial charge in [0.2, 0.25) is 0 Å². The zero-order chi connectivity index (χ0) is 12.0. The van der Waals surface area contributed by atoms with Crippen LogP contribution in [-0.2, 0) is 4.79 Å². The summed E-state index contributed by atoms with van der Waals surface area (Å²) < 4.78 is 5.02. The summed E-state index contributed by atoms with van der Waals surface area (Å²) in [5.41, 5.74) is 0.921. The Morgan fingerprint density at radius 1 is 1.31 bits per heavy atom. The van der Waals surface area contributed by atoms with Gasteiger partial charge in [-0.2, -0.15) is 0 Å². The Kier molecular flexibility index (Phi) is 4.33. The van der Waals surface area contributed by atoms with E-state index in [0.29, 0.717) is 0 Å². The van der Waals surface area contributed by atoms with E-state index in [-0.39, 0.29) is 11.5 Å². The molecule has 0 aliphatic heterocycles. The lowest BCUT2D eigenvalue weighted by atomic mass is 10.2. The fourth-order valence-electron chi connectivity index (χ4n) is 1.15. The standard InChI is InChI=1S/C13H14O3/c1-10(14)9-12(15)6-3-11-4-7-13(16-2)8-5-11/h3-9,15H,1-2H3/b6-3+,12-9-. The number of carbonyl (C=O) groups excluding carboxylic acids is 1. The highest BCUT2D eigenvalue weighted by Gasteiger charge is 1.92. The minimum atomic E-state index is -0.183. The highest BCUT2D eigenvalue weighted by atomic mass is 16.5. The molecule has 0 amide bonds. The third-order valence-corrected chi connectivity index (χ3v) is 1.91. The number of allylic oxidation sites excluding steroid dienone is 2. The number of ketones is 1. The van der Waals surface area contributed by atoms with Crippen LogP contribution < -0.4 is 4.74 Å². The van der Waals surface area contributed by atoms with Crippen molar-refractivity contribution in [2.45, 2.75) is 6.92 Å². The number of hydrogen-bond acceptors (Lipinski definition) is 3. The first-order chi connectivity index (χ1) is 7.61. The molecule has 0 saturated heterocycles. The molecule has 3 heteroatoms. The number of benzene rings is 1. The topological polar surface area (TPSA) is 46.5 Å². The molecule has 3 nitrogen and oxygen atoms in total. The van der Waals surface area contributed by atoms with E-state index in [9.17, 15) is 9.90 Å². The Labute approximate surface area is 94.7 Å². The van der Waals surface area contributed by atoms with Crippen LogP contribution >= 0.6 is 0 Å². The molecule has 0 radical (unpaired) electrons. The lowest BCUT2D eigenvalue weighted by Crippen LogP contribution is -1.85. The van der Waals surface area contributed by atoms with E-state index in [2.05, 4.69) is 0 Å². The van der Waals surface area contributed by atoms with Crippen LogP contribution in [-0.4, -0.2) is 18.0 Å². The number of aliphatic hydroxyl groups is 1. The highest BCUT2D eigenvalue weighted by Crippen LogP contribution is 2.12. The molecular formula is C13H14O3. The summed E-state index contributed by atoms with van der Waals surface area (Å²) in [6.45, 7) is 1.39. The third kappa shape index (κ3) is 4.00. The van der Waals surface area contributed by atoms with Gasteiger partial charge in [0.25, 0.3) is 0 Å². The molecule has 0 heterocycles. The first-order valence-electron chi connectivity index (χ1n) is 4.85.